The molecule has 1 aromatic rings. The molecule has 2 rings (SSSR count). The lowest BCUT2D eigenvalue weighted by molar-refractivity contribution is 0.233. The monoisotopic (exact) mass is 247 g/mol. The molecule has 0 atom stereocenters. The summed E-state index contributed by atoms with van der Waals surface area (Å²) in [7, 11) is 0. The standard InChI is InChI=1S/C9H11Cl2N3O/c10-7-12-8(11)14-9(13-7)15-5-6-3-1-2-4-6/h6H,1-5H2. The van der Waals surface area contributed by atoms with Crippen molar-refractivity contribution < 1.29 is 4.74 Å². The second kappa shape index (κ2) is 4.94. The first-order valence-electron chi connectivity index (χ1n) is 4.94. The molecule has 0 spiro atoms. The molecule has 1 aromatic heterocycles. The third-order valence-corrected chi connectivity index (χ3v) is 2.82. The minimum absolute atomic E-state index is 0.0661. The van der Waals surface area contributed by atoms with Crippen LogP contribution >= 0.6 is 23.2 Å². The Balaban J connectivity index is 1.92. The van der Waals surface area contributed by atoms with Gasteiger partial charge in [-0.2, -0.15) is 15.0 Å². The molecule has 1 aliphatic rings. The Labute approximate surface area is 98.0 Å². The van der Waals surface area contributed by atoms with Crippen molar-refractivity contribution in [2.75, 3.05) is 6.61 Å². The van der Waals surface area contributed by atoms with Crippen molar-refractivity contribution in [3.05, 3.63) is 10.6 Å². The molecule has 1 aliphatic carbocycles. The largest absolute Gasteiger partial charge is 0.463 e. The van der Waals surface area contributed by atoms with Gasteiger partial charge in [-0.05, 0) is 42.0 Å². The minimum atomic E-state index is 0.0661. The van der Waals surface area contributed by atoms with Crippen LogP contribution in [0.3, 0.4) is 0 Å². The Kier molecular flexibility index (Phi) is 3.59. The quantitative estimate of drug-likeness (QED) is 0.825. The van der Waals surface area contributed by atoms with E-state index in [-0.39, 0.29) is 16.6 Å². The summed E-state index contributed by atoms with van der Waals surface area (Å²) in [6.07, 6.45) is 5.00. The highest BCUT2D eigenvalue weighted by Gasteiger charge is 2.16. The van der Waals surface area contributed by atoms with Crippen LogP contribution in [0.2, 0.25) is 10.6 Å². The van der Waals surface area contributed by atoms with Crippen LogP contribution in [0.1, 0.15) is 25.7 Å². The molecule has 1 heterocycles. The predicted molar refractivity (Wildman–Crippen MR) is 57.3 cm³/mol. The molecule has 0 bridgehead atoms. The summed E-state index contributed by atoms with van der Waals surface area (Å²) < 4.78 is 5.42. The molecule has 0 amide bonds. The van der Waals surface area contributed by atoms with E-state index in [1.165, 1.54) is 25.7 Å². The second-order valence-electron chi connectivity index (χ2n) is 3.62. The highest BCUT2D eigenvalue weighted by Crippen LogP contribution is 2.25. The molecular formula is C9H11Cl2N3O. The number of halogens is 2. The Morgan fingerprint density at radius 3 is 2.27 bits per heavy atom. The number of ether oxygens (including phenoxy) is 1. The van der Waals surface area contributed by atoms with Gasteiger partial charge in [0.1, 0.15) is 0 Å². The first-order chi connectivity index (χ1) is 7.24. The minimum Gasteiger partial charge on any atom is -0.463 e. The summed E-state index contributed by atoms with van der Waals surface area (Å²) >= 11 is 11.2. The van der Waals surface area contributed by atoms with E-state index in [9.17, 15) is 0 Å². The molecule has 1 saturated carbocycles. The summed E-state index contributed by atoms with van der Waals surface area (Å²) in [5, 5.41) is 0.132. The third-order valence-electron chi connectivity index (χ3n) is 2.48. The summed E-state index contributed by atoms with van der Waals surface area (Å²) in [5.41, 5.74) is 0. The average molecular weight is 248 g/mol. The summed E-state index contributed by atoms with van der Waals surface area (Å²) in [4.78, 5) is 11.3. The molecule has 1 fully saturated rings. The van der Waals surface area contributed by atoms with Gasteiger partial charge in [-0.3, -0.25) is 0 Å². The Morgan fingerprint density at radius 1 is 1.07 bits per heavy atom. The molecule has 4 nitrogen and oxygen atoms in total. The fraction of sp³-hybridized carbons (Fsp3) is 0.667. The topological polar surface area (TPSA) is 47.9 Å². The van der Waals surface area contributed by atoms with Gasteiger partial charge in [-0.1, -0.05) is 12.8 Å². The zero-order valence-corrected chi connectivity index (χ0v) is 9.63. The van der Waals surface area contributed by atoms with Crippen molar-refractivity contribution in [2.45, 2.75) is 25.7 Å². The molecule has 0 aliphatic heterocycles. The zero-order valence-electron chi connectivity index (χ0n) is 8.12. The van der Waals surface area contributed by atoms with Crippen molar-refractivity contribution in [3.63, 3.8) is 0 Å². The SMILES string of the molecule is Clc1nc(Cl)nc(OCC2CCCC2)n1. The van der Waals surface area contributed by atoms with Gasteiger partial charge in [0.05, 0.1) is 6.61 Å². The van der Waals surface area contributed by atoms with Gasteiger partial charge in [-0.15, -0.1) is 0 Å². The van der Waals surface area contributed by atoms with Gasteiger partial charge in [-0.25, -0.2) is 0 Å². The van der Waals surface area contributed by atoms with Gasteiger partial charge in [0.25, 0.3) is 0 Å². The van der Waals surface area contributed by atoms with Gasteiger partial charge < -0.3 is 4.74 Å². The van der Waals surface area contributed by atoms with Crippen LogP contribution in [0.15, 0.2) is 0 Å². The number of aromatic nitrogens is 3. The summed E-state index contributed by atoms with van der Waals surface area (Å²) in [6.45, 7) is 0.636. The fourth-order valence-electron chi connectivity index (χ4n) is 1.74. The Hall–Kier alpha value is -0.610. The maximum absolute atomic E-state index is 5.62. The van der Waals surface area contributed by atoms with Crippen molar-refractivity contribution in [1.82, 2.24) is 15.0 Å². The molecule has 0 N–H and O–H groups in total. The molecule has 15 heavy (non-hydrogen) atoms. The van der Waals surface area contributed by atoms with E-state index < -0.39 is 0 Å². The van der Waals surface area contributed by atoms with Crippen LogP contribution in [-0.4, -0.2) is 21.6 Å². The van der Waals surface area contributed by atoms with Gasteiger partial charge >= 0.3 is 6.01 Å². The lowest BCUT2D eigenvalue weighted by atomic mass is 10.1. The van der Waals surface area contributed by atoms with E-state index >= 15 is 0 Å². The number of hydrogen-bond donors (Lipinski definition) is 0. The Morgan fingerprint density at radius 2 is 1.67 bits per heavy atom. The first-order valence-corrected chi connectivity index (χ1v) is 5.69. The van der Waals surface area contributed by atoms with Crippen LogP contribution in [-0.2, 0) is 0 Å². The van der Waals surface area contributed by atoms with E-state index in [1.807, 2.05) is 0 Å². The van der Waals surface area contributed by atoms with Crippen molar-refractivity contribution >= 4 is 23.2 Å². The lowest BCUT2D eigenvalue weighted by Gasteiger charge is -2.09. The predicted octanol–water partition coefficient (Wildman–Crippen LogP) is 2.75. The lowest BCUT2D eigenvalue weighted by Crippen LogP contribution is -2.10. The van der Waals surface area contributed by atoms with Crippen molar-refractivity contribution in [2.24, 2.45) is 5.92 Å². The number of rotatable bonds is 3. The smallest absolute Gasteiger partial charge is 0.322 e. The molecule has 0 unspecified atom stereocenters. The van der Waals surface area contributed by atoms with Crippen LogP contribution in [0, 0.1) is 5.92 Å². The average Bonchev–Trinajstić information content (AvgIpc) is 2.65. The normalized spacial score (nSPS) is 16.9. The fourth-order valence-corrected chi connectivity index (χ4v) is 2.09. The van der Waals surface area contributed by atoms with Crippen molar-refractivity contribution in [1.29, 1.82) is 0 Å². The maximum atomic E-state index is 5.62. The molecule has 6 heteroatoms. The van der Waals surface area contributed by atoms with Crippen LogP contribution in [0.4, 0.5) is 0 Å². The van der Waals surface area contributed by atoms with Crippen LogP contribution in [0.5, 0.6) is 6.01 Å². The van der Waals surface area contributed by atoms with Crippen molar-refractivity contribution in [3.8, 4) is 6.01 Å². The number of nitrogens with zero attached hydrogens (tertiary/aromatic N) is 3. The highest BCUT2D eigenvalue weighted by atomic mass is 35.5. The second-order valence-corrected chi connectivity index (χ2v) is 4.29. The van der Waals surface area contributed by atoms with E-state index in [1.54, 1.807) is 0 Å². The Bertz CT molecular complexity index is 322. The van der Waals surface area contributed by atoms with Crippen LogP contribution in [0.25, 0.3) is 0 Å². The molecule has 82 valence electrons. The van der Waals surface area contributed by atoms with E-state index in [4.69, 9.17) is 27.9 Å². The van der Waals surface area contributed by atoms with Crippen LogP contribution < -0.4 is 4.74 Å². The molecular weight excluding hydrogens is 237 g/mol. The van der Waals surface area contributed by atoms with Gasteiger partial charge in [0.15, 0.2) is 0 Å². The number of hydrogen-bond acceptors (Lipinski definition) is 4. The molecule has 0 radical (unpaired) electrons. The van der Waals surface area contributed by atoms with Gasteiger partial charge in [0.2, 0.25) is 10.6 Å². The molecule has 0 saturated heterocycles. The summed E-state index contributed by atoms with van der Waals surface area (Å²) in [5.74, 6) is 0.610. The van der Waals surface area contributed by atoms with E-state index in [0.717, 1.165) is 0 Å². The van der Waals surface area contributed by atoms with Gasteiger partial charge in [0, 0.05) is 0 Å². The maximum Gasteiger partial charge on any atom is 0.322 e. The molecule has 0 aromatic carbocycles. The first kappa shape index (κ1) is 10.9. The van der Waals surface area contributed by atoms with E-state index in [0.29, 0.717) is 12.5 Å². The summed E-state index contributed by atoms with van der Waals surface area (Å²) in [6, 6.07) is 0.215. The highest BCUT2D eigenvalue weighted by molar-refractivity contribution is 6.31. The zero-order chi connectivity index (χ0) is 10.7. The third kappa shape index (κ3) is 3.18. The van der Waals surface area contributed by atoms with E-state index in [2.05, 4.69) is 15.0 Å².